The Morgan fingerprint density at radius 2 is 1.58 bits per heavy atom. The van der Waals surface area contributed by atoms with Crippen molar-refractivity contribution < 1.29 is 27.4 Å². The quantitative estimate of drug-likeness (QED) is 0.386. The number of carbonyl (C=O) groups excluding carboxylic acids is 1. The third-order valence-corrected chi connectivity index (χ3v) is 7.15. The summed E-state index contributed by atoms with van der Waals surface area (Å²) in [7, 11) is -1.27. The Morgan fingerprint density at radius 3 is 2.17 bits per heavy atom. The number of nitrogens with zero attached hydrogens (tertiary/aromatic N) is 1. The number of hydrogen-bond donors (Lipinski definition) is 1. The van der Waals surface area contributed by atoms with E-state index in [1.807, 2.05) is 38.1 Å². The number of nitrogens with one attached hydrogen (secondary N) is 1. The molecule has 0 saturated heterocycles. The molecule has 0 atom stereocenters. The van der Waals surface area contributed by atoms with Crippen LogP contribution in [0, 0.1) is 0 Å². The Kier molecular flexibility index (Phi) is 9.06. The average molecular weight is 533 g/mol. The second-order valence-electron chi connectivity index (χ2n) is 8.09. The maximum atomic E-state index is 13.6. The van der Waals surface area contributed by atoms with Crippen LogP contribution >= 0.6 is 11.6 Å². The monoisotopic (exact) mass is 532 g/mol. The fourth-order valence-electron chi connectivity index (χ4n) is 3.37. The lowest BCUT2D eigenvalue weighted by molar-refractivity contribution is -0.119. The smallest absolute Gasteiger partial charge is 0.264 e. The summed E-state index contributed by atoms with van der Waals surface area (Å²) in [6.07, 6.45) is 0.0574. The number of ether oxygens (including phenoxy) is 3. The third-order valence-electron chi connectivity index (χ3n) is 5.13. The first-order valence-corrected chi connectivity index (χ1v) is 13.0. The molecule has 10 heteroatoms. The molecule has 0 unspecified atom stereocenters. The highest BCUT2D eigenvalue weighted by Gasteiger charge is 2.28. The molecule has 3 rings (SSSR count). The Labute approximate surface area is 216 Å². The van der Waals surface area contributed by atoms with E-state index in [2.05, 4.69) is 5.32 Å². The molecule has 0 saturated carbocycles. The topological polar surface area (TPSA) is 94.2 Å². The van der Waals surface area contributed by atoms with Crippen molar-refractivity contribution in [2.75, 3.05) is 25.1 Å². The van der Waals surface area contributed by atoms with E-state index in [1.54, 1.807) is 24.3 Å². The molecule has 0 fully saturated rings. The van der Waals surface area contributed by atoms with Crippen molar-refractivity contribution in [2.45, 2.75) is 31.4 Å². The van der Waals surface area contributed by atoms with Gasteiger partial charge in [-0.25, -0.2) is 8.42 Å². The summed E-state index contributed by atoms with van der Waals surface area (Å²) in [5.74, 6) is 0.896. The minimum Gasteiger partial charge on any atom is -0.493 e. The van der Waals surface area contributed by atoms with Gasteiger partial charge < -0.3 is 19.5 Å². The maximum absolute atomic E-state index is 13.6. The van der Waals surface area contributed by atoms with E-state index < -0.39 is 22.5 Å². The minimum atomic E-state index is -4.14. The Balaban J connectivity index is 1.82. The third kappa shape index (κ3) is 6.83. The van der Waals surface area contributed by atoms with Crippen LogP contribution in [-0.2, 0) is 21.4 Å². The van der Waals surface area contributed by atoms with Gasteiger partial charge in [0, 0.05) is 17.6 Å². The molecule has 36 heavy (non-hydrogen) atoms. The van der Waals surface area contributed by atoms with Gasteiger partial charge >= 0.3 is 0 Å². The summed E-state index contributed by atoms with van der Waals surface area (Å²) >= 11 is 6.00. The van der Waals surface area contributed by atoms with Gasteiger partial charge in [0.25, 0.3) is 10.0 Å². The summed E-state index contributed by atoms with van der Waals surface area (Å²) in [5.41, 5.74) is 1.14. The normalized spacial score (nSPS) is 11.2. The van der Waals surface area contributed by atoms with Gasteiger partial charge in [0.05, 0.1) is 30.9 Å². The second kappa shape index (κ2) is 12.0. The molecule has 0 aliphatic heterocycles. The van der Waals surface area contributed by atoms with E-state index in [-0.39, 0.29) is 23.3 Å². The Morgan fingerprint density at radius 1 is 0.944 bits per heavy atom. The van der Waals surface area contributed by atoms with Crippen molar-refractivity contribution in [3.63, 3.8) is 0 Å². The van der Waals surface area contributed by atoms with E-state index in [9.17, 15) is 13.2 Å². The van der Waals surface area contributed by atoms with E-state index in [0.29, 0.717) is 16.5 Å². The zero-order valence-corrected chi connectivity index (χ0v) is 22.1. The lowest BCUT2D eigenvalue weighted by atomic mass is 10.2. The highest BCUT2D eigenvalue weighted by atomic mass is 35.5. The number of rotatable bonds is 11. The van der Waals surface area contributed by atoms with Crippen LogP contribution in [0.2, 0.25) is 5.02 Å². The fraction of sp³-hybridized carbons (Fsp3) is 0.269. The van der Waals surface area contributed by atoms with E-state index in [4.69, 9.17) is 25.8 Å². The molecule has 3 aromatic carbocycles. The van der Waals surface area contributed by atoms with E-state index >= 15 is 0 Å². The van der Waals surface area contributed by atoms with Gasteiger partial charge in [-0.3, -0.25) is 9.10 Å². The molecule has 0 bridgehead atoms. The standard InChI is InChI=1S/C26H29ClN2O6S/c1-18(2)35-22-11-5-19(6-12-22)16-28-26(30)17-29(21-9-7-20(27)8-10-21)36(31,32)23-13-14-24(33-3)25(15-23)34-4/h5-15,18H,16-17H2,1-4H3,(H,28,30). The predicted octanol–water partition coefficient (Wildman–Crippen LogP) is 4.66. The fourth-order valence-corrected chi connectivity index (χ4v) is 4.93. The minimum absolute atomic E-state index is 0.0522. The molecule has 0 spiro atoms. The first-order valence-electron chi connectivity index (χ1n) is 11.2. The van der Waals surface area contributed by atoms with Crippen LogP contribution in [0.3, 0.4) is 0 Å². The molecule has 1 N–H and O–H groups in total. The maximum Gasteiger partial charge on any atom is 0.264 e. The molecule has 192 valence electrons. The highest BCUT2D eigenvalue weighted by molar-refractivity contribution is 7.92. The molecular formula is C26H29ClN2O6S. The van der Waals surface area contributed by atoms with Crippen LogP contribution in [-0.4, -0.2) is 41.2 Å². The van der Waals surface area contributed by atoms with Gasteiger partial charge in [0.1, 0.15) is 12.3 Å². The summed E-state index contributed by atoms with van der Waals surface area (Å²) in [6.45, 7) is 3.67. The van der Waals surface area contributed by atoms with Crippen LogP contribution in [0.4, 0.5) is 5.69 Å². The van der Waals surface area contributed by atoms with E-state index in [0.717, 1.165) is 15.6 Å². The number of carbonyl (C=O) groups is 1. The van der Waals surface area contributed by atoms with Crippen molar-refractivity contribution in [1.82, 2.24) is 5.32 Å². The molecular weight excluding hydrogens is 504 g/mol. The lowest BCUT2D eigenvalue weighted by Crippen LogP contribution is -2.40. The first-order chi connectivity index (χ1) is 17.1. The molecule has 3 aromatic rings. The summed E-state index contributed by atoms with van der Waals surface area (Å²) in [6, 6.07) is 17.8. The van der Waals surface area contributed by atoms with Gasteiger partial charge in [0.2, 0.25) is 5.91 Å². The van der Waals surface area contributed by atoms with Crippen molar-refractivity contribution in [3.8, 4) is 17.2 Å². The van der Waals surface area contributed by atoms with Crippen molar-refractivity contribution >= 4 is 33.2 Å². The Hall–Kier alpha value is -3.43. The van der Waals surface area contributed by atoms with Crippen molar-refractivity contribution in [3.05, 3.63) is 77.3 Å². The second-order valence-corrected chi connectivity index (χ2v) is 10.4. The summed E-state index contributed by atoms with van der Waals surface area (Å²) < 4.78 is 44.4. The highest BCUT2D eigenvalue weighted by Crippen LogP contribution is 2.32. The summed E-state index contributed by atoms with van der Waals surface area (Å²) in [4.78, 5) is 12.8. The number of halogens is 1. The largest absolute Gasteiger partial charge is 0.493 e. The van der Waals surface area contributed by atoms with Crippen LogP contribution in [0.25, 0.3) is 0 Å². The van der Waals surface area contributed by atoms with Gasteiger partial charge in [0.15, 0.2) is 11.5 Å². The van der Waals surface area contributed by atoms with Gasteiger partial charge in [-0.05, 0) is 67.9 Å². The number of methoxy groups -OCH3 is 2. The molecule has 0 aliphatic carbocycles. The molecule has 1 amide bonds. The van der Waals surface area contributed by atoms with Crippen LogP contribution in [0.15, 0.2) is 71.6 Å². The SMILES string of the molecule is COc1ccc(S(=O)(=O)N(CC(=O)NCc2ccc(OC(C)C)cc2)c2ccc(Cl)cc2)cc1OC. The summed E-state index contributed by atoms with van der Waals surface area (Å²) in [5, 5.41) is 3.22. The van der Waals surface area contributed by atoms with Crippen LogP contribution < -0.4 is 23.8 Å². The van der Waals surface area contributed by atoms with Crippen molar-refractivity contribution in [2.24, 2.45) is 0 Å². The predicted molar refractivity (Wildman–Crippen MR) is 140 cm³/mol. The Bertz CT molecular complexity index is 1280. The number of amides is 1. The zero-order valence-electron chi connectivity index (χ0n) is 20.5. The number of anilines is 1. The van der Waals surface area contributed by atoms with Crippen molar-refractivity contribution in [1.29, 1.82) is 0 Å². The van der Waals surface area contributed by atoms with E-state index in [1.165, 1.54) is 32.4 Å². The van der Waals surface area contributed by atoms with Gasteiger partial charge in [-0.2, -0.15) is 0 Å². The molecule has 0 radical (unpaired) electrons. The van der Waals surface area contributed by atoms with Crippen LogP contribution in [0.5, 0.6) is 17.2 Å². The molecule has 0 aliphatic rings. The number of sulfonamides is 1. The van der Waals surface area contributed by atoms with Gasteiger partial charge in [-0.1, -0.05) is 23.7 Å². The number of hydrogen-bond acceptors (Lipinski definition) is 6. The zero-order chi connectivity index (χ0) is 26.3. The van der Waals surface area contributed by atoms with Gasteiger partial charge in [-0.15, -0.1) is 0 Å². The lowest BCUT2D eigenvalue weighted by Gasteiger charge is -2.24. The first kappa shape index (κ1) is 27.2. The number of benzene rings is 3. The molecule has 0 heterocycles. The molecule has 8 nitrogen and oxygen atoms in total. The average Bonchev–Trinajstić information content (AvgIpc) is 2.86. The molecule has 0 aromatic heterocycles. The van der Waals surface area contributed by atoms with Crippen LogP contribution in [0.1, 0.15) is 19.4 Å².